The van der Waals surface area contributed by atoms with Gasteiger partial charge >= 0.3 is 6.18 Å². The fourth-order valence-corrected chi connectivity index (χ4v) is 4.05. The number of alkyl halides is 3. The van der Waals surface area contributed by atoms with Crippen LogP contribution in [0.5, 0.6) is 0 Å². The van der Waals surface area contributed by atoms with Crippen molar-refractivity contribution >= 4 is 23.2 Å². The maximum atomic E-state index is 13.2. The first-order valence-electron chi connectivity index (χ1n) is 10.5. The van der Waals surface area contributed by atoms with Crippen LogP contribution in [-0.2, 0) is 28.6 Å². The first-order chi connectivity index (χ1) is 15.7. The predicted molar refractivity (Wildman–Crippen MR) is 120 cm³/mol. The second-order valence-corrected chi connectivity index (χ2v) is 7.90. The van der Waals surface area contributed by atoms with E-state index in [1.54, 1.807) is 6.07 Å². The maximum Gasteiger partial charge on any atom is 0.416 e. The fraction of sp³-hybridized carbons (Fsp3) is 0.240. The molecule has 0 atom stereocenters. The highest BCUT2D eigenvalue weighted by Crippen LogP contribution is 2.39. The van der Waals surface area contributed by atoms with Crippen LogP contribution in [0.2, 0.25) is 0 Å². The number of hydrogen-bond donors (Lipinski definition) is 1. The molecule has 2 heterocycles. The number of rotatable bonds is 4. The Hall–Kier alpha value is -3.68. The second kappa shape index (κ2) is 8.69. The summed E-state index contributed by atoms with van der Waals surface area (Å²) in [5, 5.41) is 2.59. The molecule has 1 aliphatic heterocycles. The van der Waals surface area contributed by atoms with Crippen molar-refractivity contribution in [3.05, 3.63) is 77.1 Å². The number of nitrogens with zero attached hydrogens (tertiary/aromatic N) is 2. The molecular formula is C25H22F3N3O2. The summed E-state index contributed by atoms with van der Waals surface area (Å²) in [5.74, 6) is -0.746. The minimum atomic E-state index is -4.46. The van der Waals surface area contributed by atoms with Gasteiger partial charge in [-0.15, -0.1) is 0 Å². The van der Waals surface area contributed by atoms with E-state index in [1.807, 2.05) is 38.1 Å². The largest absolute Gasteiger partial charge is 0.416 e. The van der Waals surface area contributed by atoms with Crippen molar-refractivity contribution in [2.24, 2.45) is 0 Å². The molecule has 0 bridgehead atoms. The summed E-state index contributed by atoms with van der Waals surface area (Å²) in [6.07, 6.45) is -3.68. The molecule has 2 aromatic carbocycles. The molecular weight excluding hydrogens is 431 g/mol. The smallest absolute Gasteiger partial charge is 0.325 e. The van der Waals surface area contributed by atoms with Gasteiger partial charge in [0.2, 0.25) is 11.8 Å². The van der Waals surface area contributed by atoms with Crippen molar-refractivity contribution < 1.29 is 22.8 Å². The van der Waals surface area contributed by atoms with Gasteiger partial charge in [0.25, 0.3) is 0 Å². The van der Waals surface area contributed by atoms with Crippen LogP contribution < -0.4 is 10.2 Å². The zero-order valence-corrected chi connectivity index (χ0v) is 18.2. The number of aryl methyl sites for hydroxylation is 2. The lowest BCUT2D eigenvalue weighted by molar-refractivity contribution is -0.137. The van der Waals surface area contributed by atoms with E-state index in [9.17, 15) is 22.8 Å². The highest BCUT2D eigenvalue weighted by atomic mass is 19.4. The van der Waals surface area contributed by atoms with Crippen LogP contribution in [0.1, 0.15) is 29.4 Å². The first-order valence-corrected chi connectivity index (χ1v) is 10.5. The average Bonchev–Trinajstić information content (AvgIpc) is 2.87. The molecule has 33 heavy (non-hydrogen) atoms. The van der Waals surface area contributed by atoms with Gasteiger partial charge in [-0.25, -0.2) is 0 Å². The van der Waals surface area contributed by atoms with Crippen LogP contribution in [0.25, 0.3) is 11.1 Å². The van der Waals surface area contributed by atoms with Gasteiger partial charge in [0.05, 0.1) is 23.4 Å². The minimum Gasteiger partial charge on any atom is -0.325 e. The van der Waals surface area contributed by atoms with Crippen molar-refractivity contribution in [1.29, 1.82) is 0 Å². The van der Waals surface area contributed by atoms with Crippen molar-refractivity contribution in [2.75, 3.05) is 16.8 Å². The highest BCUT2D eigenvalue weighted by molar-refractivity contribution is 6.08. The predicted octanol–water partition coefficient (Wildman–Crippen LogP) is 5.17. The van der Waals surface area contributed by atoms with E-state index < -0.39 is 17.6 Å². The molecule has 0 saturated carbocycles. The average molecular weight is 453 g/mol. The fourth-order valence-electron chi connectivity index (χ4n) is 4.05. The highest BCUT2D eigenvalue weighted by Gasteiger charge is 2.31. The molecule has 0 radical (unpaired) electrons. The molecule has 0 spiro atoms. The molecule has 1 aromatic heterocycles. The number of anilines is 2. The number of carbonyl (C=O) groups is 2. The van der Waals surface area contributed by atoms with E-state index in [1.165, 1.54) is 17.0 Å². The normalized spacial score (nSPS) is 13.2. The quantitative estimate of drug-likeness (QED) is 0.593. The van der Waals surface area contributed by atoms with Crippen molar-refractivity contribution in [3.8, 4) is 11.1 Å². The van der Waals surface area contributed by atoms with E-state index in [4.69, 9.17) is 0 Å². The summed E-state index contributed by atoms with van der Waals surface area (Å²) in [7, 11) is 0. The van der Waals surface area contributed by atoms with Gasteiger partial charge in [-0.3, -0.25) is 14.6 Å². The van der Waals surface area contributed by atoms with E-state index in [0.29, 0.717) is 12.1 Å². The molecule has 0 aliphatic carbocycles. The summed E-state index contributed by atoms with van der Waals surface area (Å²) < 4.78 is 38.4. The lowest BCUT2D eigenvalue weighted by atomic mass is 9.95. The molecule has 4 rings (SSSR count). The summed E-state index contributed by atoms with van der Waals surface area (Å²) in [6, 6.07) is 13.6. The number of benzene rings is 2. The van der Waals surface area contributed by atoms with E-state index >= 15 is 0 Å². The van der Waals surface area contributed by atoms with Crippen LogP contribution in [-0.4, -0.2) is 23.3 Å². The van der Waals surface area contributed by atoms with E-state index in [2.05, 4.69) is 10.3 Å². The number of halogens is 3. The molecule has 2 amide bonds. The van der Waals surface area contributed by atoms with Crippen LogP contribution >= 0.6 is 0 Å². The number of hydrogen-bond acceptors (Lipinski definition) is 3. The number of carbonyl (C=O) groups excluding carboxylic acids is 2. The van der Waals surface area contributed by atoms with Gasteiger partial charge in [-0.05, 0) is 54.8 Å². The minimum absolute atomic E-state index is 0.126. The lowest BCUT2D eigenvalue weighted by Gasteiger charge is -2.24. The SMILES string of the molecule is CCc1nc(C)cc2c1-c1ccccc1CC(=O)N2CC(=O)Nc1ccc(C(F)(F)F)cc1. The molecule has 8 heteroatoms. The Morgan fingerprint density at radius 1 is 1.12 bits per heavy atom. The molecule has 1 aliphatic rings. The molecule has 3 aromatic rings. The van der Waals surface area contributed by atoms with Crippen molar-refractivity contribution in [2.45, 2.75) is 32.9 Å². The summed E-state index contributed by atoms with van der Waals surface area (Å²) in [5.41, 5.74) is 4.18. The summed E-state index contributed by atoms with van der Waals surface area (Å²) in [6.45, 7) is 3.55. The lowest BCUT2D eigenvalue weighted by Crippen LogP contribution is -2.38. The maximum absolute atomic E-state index is 13.2. The second-order valence-electron chi connectivity index (χ2n) is 7.90. The van der Waals surface area contributed by atoms with Crippen LogP contribution in [0, 0.1) is 6.92 Å². The number of nitrogens with one attached hydrogen (secondary N) is 1. The molecule has 0 unspecified atom stereocenters. The third-order valence-corrected chi connectivity index (χ3v) is 5.55. The third kappa shape index (κ3) is 4.60. The first kappa shape index (κ1) is 22.5. The number of amides is 2. The Morgan fingerprint density at radius 3 is 2.48 bits per heavy atom. The van der Waals surface area contributed by atoms with Gasteiger partial charge < -0.3 is 10.2 Å². The zero-order valence-electron chi connectivity index (χ0n) is 18.2. The monoisotopic (exact) mass is 453 g/mol. The number of aromatic nitrogens is 1. The van der Waals surface area contributed by atoms with E-state index in [-0.39, 0.29) is 24.6 Å². The van der Waals surface area contributed by atoms with Gasteiger partial charge in [0, 0.05) is 16.9 Å². The zero-order chi connectivity index (χ0) is 23.8. The Bertz CT molecular complexity index is 1220. The number of fused-ring (bicyclic) bond motifs is 3. The Labute approximate surface area is 189 Å². The standard InChI is InChI=1S/C25H22F3N3O2/c1-3-20-24-19-7-5-4-6-16(19)13-23(33)31(21(24)12-15(2)29-20)14-22(32)30-18-10-8-17(9-11-18)25(26,27)28/h4-12H,3,13-14H2,1-2H3,(H,30,32). The van der Waals surface area contributed by atoms with Crippen LogP contribution in [0.4, 0.5) is 24.5 Å². The van der Waals surface area contributed by atoms with Gasteiger partial charge in [-0.2, -0.15) is 13.2 Å². The molecule has 0 saturated heterocycles. The van der Waals surface area contributed by atoms with Gasteiger partial charge in [0.1, 0.15) is 6.54 Å². The molecule has 170 valence electrons. The van der Waals surface area contributed by atoms with Gasteiger partial charge in [0.15, 0.2) is 0 Å². The molecule has 5 nitrogen and oxygen atoms in total. The molecule has 1 N–H and O–H groups in total. The van der Waals surface area contributed by atoms with Crippen molar-refractivity contribution in [1.82, 2.24) is 4.98 Å². The third-order valence-electron chi connectivity index (χ3n) is 5.55. The van der Waals surface area contributed by atoms with E-state index in [0.717, 1.165) is 40.2 Å². The Morgan fingerprint density at radius 2 is 1.82 bits per heavy atom. The van der Waals surface area contributed by atoms with Crippen LogP contribution in [0.3, 0.4) is 0 Å². The summed E-state index contributed by atoms with van der Waals surface area (Å²) in [4.78, 5) is 32.1. The Kier molecular flexibility index (Phi) is 5.93. The Balaban J connectivity index is 1.66. The van der Waals surface area contributed by atoms with Gasteiger partial charge in [-0.1, -0.05) is 31.2 Å². The molecule has 0 fully saturated rings. The topological polar surface area (TPSA) is 62.3 Å². The summed E-state index contributed by atoms with van der Waals surface area (Å²) >= 11 is 0. The number of pyridine rings is 1. The van der Waals surface area contributed by atoms with Crippen LogP contribution in [0.15, 0.2) is 54.6 Å². The van der Waals surface area contributed by atoms with Crippen molar-refractivity contribution in [3.63, 3.8) is 0 Å².